The minimum Gasteiger partial charge on any atom is -0.454 e. The molecule has 0 bridgehead atoms. The Morgan fingerprint density at radius 3 is 2.79 bits per heavy atom. The molecule has 3 aromatic rings. The number of hydrogen-bond donors (Lipinski definition) is 0. The number of aromatic nitrogens is 1. The highest BCUT2D eigenvalue weighted by Gasteiger charge is 2.16. The maximum Gasteiger partial charge on any atom is 0.231 e. The predicted molar refractivity (Wildman–Crippen MR) is 75.9 cm³/mol. The van der Waals surface area contributed by atoms with Crippen LogP contribution in [0.1, 0.15) is 5.56 Å². The summed E-state index contributed by atoms with van der Waals surface area (Å²) in [5.74, 6) is 1.59. The van der Waals surface area contributed by atoms with Crippen LogP contribution < -0.4 is 9.47 Å². The Labute approximate surface area is 114 Å². The van der Waals surface area contributed by atoms with Crippen LogP contribution in [0.25, 0.3) is 21.5 Å². The van der Waals surface area contributed by atoms with Crippen molar-refractivity contribution in [3.05, 3.63) is 41.3 Å². The predicted octanol–water partition coefficient (Wildman–Crippen LogP) is 4.00. The standard InChI is InChI=1S/C15H11NO2S/c1-9-5-12(15-3-2-4-19-15)16-11-7-14-13(6-10(9)11)17-8-18-14/h2-7H,8H2,1H3. The van der Waals surface area contributed by atoms with E-state index in [9.17, 15) is 0 Å². The second-order valence-corrected chi connectivity index (χ2v) is 5.47. The third kappa shape index (κ3) is 1.68. The number of thiophene rings is 1. The second kappa shape index (κ2) is 3.96. The lowest BCUT2D eigenvalue weighted by Crippen LogP contribution is -1.92. The number of aryl methyl sites for hydroxylation is 1. The lowest BCUT2D eigenvalue weighted by atomic mass is 10.1. The van der Waals surface area contributed by atoms with Gasteiger partial charge in [0.1, 0.15) is 0 Å². The summed E-state index contributed by atoms with van der Waals surface area (Å²) in [5, 5.41) is 3.18. The first-order chi connectivity index (χ1) is 9.31. The number of rotatable bonds is 1. The van der Waals surface area contributed by atoms with Gasteiger partial charge in [0, 0.05) is 11.5 Å². The van der Waals surface area contributed by atoms with Crippen LogP contribution in [-0.4, -0.2) is 11.8 Å². The van der Waals surface area contributed by atoms with Crippen molar-refractivity contribution in [2.24, 2.45) is 0 Å². The Bertz CT molecular complexity index is 765. The van der Waals surface area contributed by atoms with Gasteiger partial charge in [-0.1, -0.05) is 6.07 Å². The quantitative estimate of drug-likeness (QED) is 0.669. The highest BCUT2D eigenvalue weighted by Crippen LogP contribution is 2.37. The van der Waals surface area contributed by atoms with Gasteiger partial charge in [-0.05, 0) is 36.1 Å². The van der Waals surface area contributed by atoms with Gasteiger partial charge in [0.15, 0.2) is 11.5 Å². The molecule has 0 saturated heterocycles. The van der Waals surface area contributed by atoms with Gasteiger partial charge in [0.2, 0.25) is 6.79 Å². The Morgan fingerprint density at radius 1 is 1.16 bits per heavy atom. The molecule has 0 fully saturated rings. The zero-order valence-corrected chi connectivity index (χ0v) is 11.2. The number of benzene rings is 1. The summed E-state index contributed by atoms with van der Waals surface area (Å²) in [6.45, 7) is 2.39. The molecule has 0 N–H and O–H groups in total. The molecule has 0 amide bonds. The molecule has 3 nitrogen and oxygen atoms in total. The van der Waals surface area contributed by atoms with Crippen LogP contribution >= 0.6 is 11.3 Å². The molecule has 2 aromatic heterocycles. The van der Waals surface area contributed by atoms with Crippen LogP contribution in [0.3, 0.4) is 0 Å². The highest BCUT2D eigenvalue weighted by molar-refractivity contribution is 7.13. The van der Waals surface area contributed by atoms with Crippen molar-refractivity contribution >= 4 is 22.2 Å². The average Bonchev–Trinajstić information content (AvgIpc) is 3.07. The van der Waals surface area contributed by atoms with E-state index in [1.807, 2.05) is 18.2 Å². The summed E-state index contributed by atoms with van der Waals surface area (Å²) in [6.07, 6.45) is 0. The van der Waals surface area contributed by atoms with E-state index < -0.39 is 0 Å². The van der Waals surface area contributed by atoms with Gasteiger partial charge < -0.3 is 9.47 Å². The van der Waals surface area contributed by atoms with E-state index in [4.69, 9.17) is 14.5 Å². The van der Waals surface area contributed by atoms with E-state index in [0.717, 1.165) is 28.1 Å². The normalized spacial score (nSPS) is 13.1. The topological polar surface area (TPSA) is 31.4 Å². The molecule has 0 saturated carbocycles. The fourth-order valence-corrected chi connectivity index (χ4v) is 3.02. The minimum absolute atomic E-state index is 0.294. The first-order valence-corrected chi connectivity index (χ1v) is 6.94. The molecule has 94 valence electrons. The van der Waals surface area contributed by atoms with Crippen molar-refractivity contribution in [2.45, 2.75) is 6.92 Å². The number of hydrogen-bond acceptors (Lipinski definition) is 4. The Morgan fingerprint density at radius 2 is 2.00 bits per heavy atom. The third-order valence-electron chi connectivity index (χ3n) is 3.28. The Hall–Kier alpha value is -2.07. The van der Waals surface area contributed by atoms with E-state index in [-0.39, 0.29) is 0 Å². The molecule has 0 spiro atoms. The summed E-state index contributed by atoms with van der Waals surface area (Å²) in [5.41, 5.74) is 3.17. The summed E-state index contributed by atoms with van der Waals surface area (Å²) >= 11 is 1.70. The van der Waals surface area contributed by atoms with Crippen molar-refractivity contribution in [2.75, 3.05) is 6.79 Å². The minimum atomic E-state index is 0.294. The fourth-order valence-electron chi connectivity index (χ4n) is 2.33. The second-order valence-electron chi connectivity index (χ2n) is 4.52. The fraction of sp³-hybridized carbons (Fsp3) is 0.133. The number of nitrogens with zero attached hydrogens (tertiary/aromatic N) is 1. The number of fused-ring (bicyclic) bond motifs is 2. The van der Waals surface area contributed by atoms with Gasteiger partial charge in [-0.3, -0.25) is 0 Å². The SMILES string of the molecule is Cc1cc(-c2cccs2)nc2cc3c(cc12)OCO3. The van der Waals surface area contributed by atoms with Gasteiger partial charge in [0.25, 0.3) is 0 Å². The molecule has 0 aliphatic carbocycles. The van der Waals surface area contributed by atoms with Gasteiger partial charge in [-0.25, -0.2) is 4.98 Å². The molecule has 0 atom stereocenters. The molecule has 19 heavy (non-hydrogen) atoms. The summed E-state index contributed by atoms with van der Waals surface area (Å²) in [6, 6.07) is 10.2. The van der Waals surface area contributed by atoms with Crippen molar-refractivity contribution in [3.63, 3.8) is 0 Å². The smallest absolute Gasteiger partial charge is 0.231 e. The zero-order chi connectivity index (χ0) is 12.8. The molecule has 4 rings (SSSR count). The lowest BCUT2D eigenvalue weighted by molar-refractivity contribution is 0.174. The molecule has 1 aromatic carbocycles. The van der Waals surface area contributed by atoms with E-state index in [1.165, 1.54) is 10.4 Å². The average molecular weight is 269 g/mol. The third-order valence-corrected chi connectivity index (χ3v) is 4.18. The zero-order valence-electron chi connectivity index (χ0n) is 10.3. The monoisotopic (exact) mass is 269 g/mol. The van der Waals surface area contributed by atoms with Crippen LogP contribution in [-0.2, 0) is 0 Å². The number of pyridine rings is 1. The Balaban J connectivity index is 1.98. The van der Waals surface area contributed by atoms with Crippen molar-refractivity contribution < 1.29 is 9.47 Å². The van der Waals surface area contributed by atoms with Crippen molar-refractivity contribution in [1.29, 1.82) is 0 Å². The molecular weight excluding hydrogens is 258 g/mol. The summed E-state index contributed by atoms with van der Waals surface area (Å²) in [4.78, 5) is 5.91. The molecule has 4 heteroatoms. The van der Waals surface area contributed by atoms with Crippen molar-refractivity contribution in [3.8, 4) is 22.1 Å². The molecule has 1 aliphatic rings. The lowest BCUT2D eigenvalue weighted by Gasteiger charge is -2.06. The van der Waals surface area contributed by atoms with Gasteiger partial charge in [0.05, 0.1) is 16.1 Å². The van der Waals surface area contributed by atoms with E-state index in [1.54, 1.807) is 11.3 Å². The molecular formula is C15H11NO2S. The maximum absolute atomic E-state index is 5.42. The van der Waals surface area contributed by atoms with E-state index >= 15 is 0 Å². The molecule has 3 heterocycles. The maximum atomic E-state index is 5.42. The van der Waals surface area contributed by atoms with Crippen LogP contribution in [0.5, 0.6) is 11.5 Å². The number of ether oxygens (including phenoxy) is 2. The highest BCUT2D eigenvalue weighted by atomic mass is 32.1. The van der Waals surface area contributed by atoms with Crippen LogP contribution in [0, 0.1) is 6.92 Å². The summed E-state index contributed by atoms with van der Waals surface area (Å²) in [7, 11) is 0. The molecule has 0 radical (unpaired) electrons. The molecule has 0 unspecified atom stereocenters. The van der Waals surface area contributed by atoms with E-state index in [0.29, 0.717) is 6.79 Å². The van der Waals surface area contributed by atoms with Crippen LogP contribution in [0.4, 0.5) is 0 Å². The van der Waals surface area contributed by atoms with E-state index in [2.05, 4.69) is 24.4 Å². The first-order valence-electron chi connectivity index (χ1n) is 6.06. The van der Waals surface area contributed by atoms with Crippen molar-refractivity contribution in [1.82, 2.24) is 4.98 Å². The largest absolute Gasteiger partial charge is 0.454 e. The molecule has 1 aliphatic heterocycles. The first kappa shape index (κ1) is 10.8. The van der Waals surface area contributed by atoms with Gasteiger partial charge in [-0.15, -0.1) is 11.3 Å². The van der Waals surface area contributed by atoms with Crippen LogP contribution in [0.15, 0.2) is 35.7 Å². The van der Waals surface area contributed by atoms with Gasteiger partial charge >= 0.3 is 0 Å². The summed E-state index contributed by atoms with van der Waals surface area (Å²) < 4.78 is 10.8. The Kier molecular flexibility index (Phi) is 2.26. The van der Waals surface area contributed by atoms with Crippen LogP contribution in [0.2, 0.25) is 0 Å². The van der Waals surface area contributed by atoms with Gasteiger partial charge in [-0.2, -0.15) is 0 Å².